The van der Waals surface area contributed by atoms with Crippen LogP contribution in [0.15, 0.2) is 28.8 Å². The highest BCUT2D eigenvalue weighted by Crippen LogP contribution is 2.19. The number of aryl methyl sites for hydroxylation is 1. The number of esters is 1. The van der Waals surface area contributed by atoms with Crippen molar-refractivity contribution in [3.63, 3.8) is 0 Å². The van der Waals surface area contributed by atoms with E-state index in [4.69, 9.17) is 9.26 Å². The SMILES string of the molecule is C[C@@H](OC(=O)CCc1nc(-c2ccc(F)cc2)no1)C(=O)NC1CC1. The molecule has 2 aromatic rings. The number of nitrogens with one attached hydrogen (secondary N) is 1. The number of carbonyl (C=O) groups excluding carboxylic acids is 2. The van der Waals surface area contributed by atoms with Gasteiger partial charge in [0.25, 0.3) is 5.91 Å². The highest BCUT2D eigenvalue weighted by molar-refractivity contribution is 5.83. The van der Waals surface area contributed by atoms with Crippen molar-refractivity contribution >= 4 is 11.9 Å². The fourth-order valence-electron chi connectivity index (χ4n) is 2.14. The van der Waals surface area contributed by atoms with Gasteiger partial charge in [-0.05, 0) is 44.0 Å². The summed E-state index contributed by atoms with van der Waals surface area (Å²) in [6.07, 6.45) is 1.33. The maximum atomic E-state index is 12.9. The first-order chi connectivity index (χ1) is 12.0. The molecular weight excluding hydrogens is 329 g/mol. The molecule has 1 aliphatic carbocycles. The highest BCUT2D eigenvalue weighted by atomic mass is 19.1. The Hall–Kier alpha value is -2.77. The van der Waals surface area contributed by atoms with Crippen molar-refractivity contribution in [2.75, 3.05) is 0 Å². The first kappa shape index (κ1) is 17.1. The molecule has 1 N–H and O–H groups in total. The Morgan fingerprint density at radius 3 is 2.76 bits per heavy atom. The van der Waals surface area contributed by atoms with Gasteiger partial charge in [0.1, 0.15) is 5.82 Å². The number of ether oxygens (including phenoxy) is 1. The van der Waals surface area contributed by atoms with Gasteiger partial charge in [-0.1, -0.05) is 5.16 Å². The third kappa shape index (κ3) is 4.85. The Kier molecular flexibility index (Phi) is 5.06. The summed E-state index contributed by atoms with van der Waals surface area (Å²) in [6.45, 7) is 1.54. The molecule has 7 nitrogen and oxygen atoms in total. The molecule has 0 aliphatic heterocycles. The van der Waals surface area contributed by atoms with E-state index >= 15 is 0 Å². The Morgan fingerprint density at radius 1 is 1.36 bits per heavy atom. The summed E-state index contributed by atoms with van der Waals surface area (Å²) in [7, 11) is 0. The molecule has 1 aliphatic rings. The highest BCUT2D eigenvalue weighted by Gasteiger charge is 2.27. The Bertz CT molecular complexity index is 756. The van der Waals surface area contributed by atoms with Gasteiger partial charge in [-0.15, -0.1) is 0 Å². The lowest BCUT2D eigenvalue weighted by Crippen LogP contribution is -2.37. The summed E-state index contributed by atoms with van der Waals surface area (Å²) in [5.41, 5.74) is 0.615. The van der Waals surface area contributed by atoms with Gasteiger partial charge in [0.15, 0.2) is 6.10 Å². The average Bonchev–Trinajstić information content (AvgIpc) is 3.28. The molecule has 1 heterocycles. The largest absolute Gasteiger partial charge is 0.453 e. The maximum absolute atomic E-state index is 12.9. The molecule has 0 radical (unpaired) electrons. The minimum atomic E-state index is -0.828. The molecule has 1 amide bonds. The molecular formula is C17H18FN3O4. The lowest BCUT2D eigenvalue weighted by molar-refractivity contribution is -0.154. The van der Waals surface area contributed by atoms with E-state index in [1.54, 1.807) is 12.1 Å². The predicted octanol–water partition coefficient (Wildman–Crippen LogP) is 2.02. The van der Waals surface area contributed by atoms with E-state index in [1.165, 1.54) is 19.1 Å². The number of rotatable bonds is 7. The zero-order valence-corrected chi connectivity index (χ0v) is 13.7. The lowest BCUT2D eigenvalue weighted by Gasteiger charge is -2.12. The first-order valence-electron chi connectivity index (χ1n) is 8.09. The van der Waals surface area contributed by atoms with Gasteiger partial charge in [0.2, 0.25) is 11.7 Å². The van der Waals surface area contributed by atoms with Crippen molar-refractivity contribution in [3.8, 4) is 11.4 Å². The quantitative estimate of drug-likeness (QED) is 0.770. The fourth-order valence-corrected chi connectivity index (χ4v) is 2.14. The second kappa shape index (κ2) is 7.42. The van der Waals surface area contributed by atoms with Crippen LogP contribution in [-0.4, -0.2) is 34.2 Å². The lowest BCUT2D eigenvalue weighted by atomic mass is 10.2. The van der Waals surface area contributed by atoms with Gasteiger partial charge in [-0.25, -0.2) is 4.39 Å². The summed E-state index contributed by atoms with van der Waals surface area (Å²) in [5.74, 6) is -0.561. The van der Waals surface area contributed by atoms with Crippen LogP contribution in [0, 0.1) is 5.82 Å². The average molecular weight is 347 g/mol. The van der Waals surface area contributed by atoms with Gasteiger partial charge in [-0.3, -0.25) is 9.59 Å². The number of aromatic nitrogens is 2. The van der Waals surface area contributed by atoms with Crippen molar-refractivity contribution in [2.24, 2.45) is 0 Å². The van der Waals surface area contributed by atoms with Crippen molar-refractivity contribution in [1.82, 2.24) is 15.5 Å². The summed E-state index contributed by atoms with van der Waals surface area (Å²) in [6, 6.07) is 5.90. The number of carbonyl (C=O) groups is 2. The van der Waals surface area contributed by atoms with Crippen LogP contribution in [0.25, 0.3) is 11.4 Å². The van der Waals surface area contributed by atoms with Crippen LogP contribution in [0.2, 0.25) is 0 Å². The first-order valence-corrected chi connectivity index (χ1v) is 8.09. The van der Waals surface area contributed by atoms with Gasteiger partial charge >= 0.3 is 5.97 Å². The predicted molar refractivity (Wildman–Crippen MR) is 84.7 cm³/mol. The maximum Gasteiger partial charge on any atom is 0.307 e. The summed E-state index contributed by atoms with van der Waals surface area (Å²) < 4.78 is 23.1. The second-order valence-electron chi connectivity index (χ2n) is 5.93. The molecule has 0 unspecified atom stereocenters. The zero-order valence-electron chi connectivity index (χ0n) is 13.7. The Labute approximate surface area is 143 Å². The molecule has 1 saturated carbocycles. The molecule has 3 rings (SSSR count). The number of hydrogen-bond donors (Lipinski definition) is 1. The monoisotopic (exact) mass is 347 g/mol. The normalized spacial score (nSPS) is 14.8. The van der Waals surface area contributed by atoms with Crippen LogP contribution in [0.3, 0.4) is 0 Å². The molecule has 132 valence electrons. The van der Waals surface area contributed by atoms with Crippen molar-refractivity contribution < 1.29 is 23.2 Å². The minimum Gasteiger partial charge on any atom is -0.453 e. The number of amides is 1. The molecule has 1 aromatic carbocycles. The van der Waals surface area contributed by atoms with Crippen LogP contribution in [0.5, 0.6) is 0 Å². The van der Waals surface area contributed by atoms with E-state index in [1.807, 2.05) is 0 Å². The van der Waals surface area contributed by atoms with E-state index in [0.29, 0.717) is 11.4 Å². The van der Waals surface area contributed by atoms with Gasteiger partial charge < -0.3 is 14.6 Å². The van der Waals surface area contributed by atoms with Crippen molar-refractivity contribution in [1.29, 1.82) is 0 Å². The molecule has 1 atom stereocenters. The molecule has 1 aromatic heterocycles. The second-order valence-corrected chi connectivity index (χ2v) is 5.93. The van der Waals surface area contributed by atoms with E-state index in [9.17, 15) is 14.0 Å². The van der Waals surface area contributed by atoms with E-state index in [2.05, 4.69) is 15.5 Å². The van der Waals surface area contributed by atoms with E-state index in [0.717, 1.165) is 12.8 Å². The van der Waals surface area contributed by atoms with E-state index < -0.39 is 12.1 Å². The summed E-state index contributed by atoms with van der Waals surface area (Å²) >= 11 is 0. The number of benzene rings is 1. The Morgan fingerprint density at radius 2 is 2.08 bits per heavy atom. The van der Waals surface area contributed by atoms with Crippen molar-refractivity contribution in [2.45, 2.75) is 44.8 Å². The number of halogens is 1. The van der Waals surface area contributed by atoms with E-state index in [-0.39, 0.29) is 36.5 Å². The topological polar surface area (TPSA) is 94.3 Å². The third-order valence-electron chi connectivity index (χ3n) is 3.71. The third-order valence-corrected chi connectivity index (χ3v) is 3.71. The van der Waals surface area contributed by atoms with Crippen LogP contribution >= 0.6 is 0 Å². The molecule has 0 spiro atoms. The fraction of sp³-hybridized carbons (Fsp3) is 0.412. The molecule has 0 bridgehead atoms. The molecule has 25 heavy (non-hydrogen) atoms. The van der Waals surface area contributed by atoms with Crippen LogP contribution in [0.1, 0.15) is 32.1 Å². The number of hydrogen-bond acceptors (Lipinski definition) is 6. The summed E-state index contributed by atoms with van der Waals surface area (Å²) in [5, 5.41) is 6.57. The van der Waals surface area contributed by atoms with Gasteiger partial charge in [-0.2, -0.15) is 4.98 Å². The zero-order chi connectivity index (χ0) is 17.8. The minimum absolute atomic E-state index is 0.0199. The van der Waals surface area contributed by atoms with Crippen LogP contribution in [0.4, 0.5) is 4.39 Å². The number of nitrogens with zero attached hydrogens (tertiary/aromatic N) is 2. The van der Waals surface area contributed by atoms with Gasteiger partial charge in [0.05, 0.1) is 6.42 Å². The molecule has 0 saturated heterocycles. The summed E-state index contributed by atoms with van der Waals surface area (Å²) in [4.78, 5) is 27.7. The molecule has 8 heteroatoms. The van der Waals surface area contributed by atoms with Crippen molar-refractivity contribution in [3.05, 3.63) is 36.0 Å². The molecule has 1 fully saturated rings. The Balaban J connectivity index is 1.47. The van der Waals surface area contributed by atoms with Crippen LogP contribution < -0.4 is 5.32 Å². The standard InChI is InChI=1S/C17H18FN3O4/c1-10(17(23)19-13-6-7-13)24-15(22)9-8-14-20-16(21-25-14)11-2-4-12(18)5-3-11/h2-5,10,13H,6-9H2,1H3,(H,19,23)/t10-/m1/s1. The smallest absolute Gasteiger partial charge is 0.307 e. The van der Waals surface area contributed by atoms with Gasteiger partial charge in [0, 0.05) is 18.0 Å². The van der Waals surface area contributed by atoms with Crippen LogP contribution in [-0.2, 0) is 20.7 Å².